The summed E-state index contributed by atoms with van der Waals surface area (Å²) in [5.74, 6) is -0.599. The summed E-state index contributed by atoms with van der Waals surface area (Å²) in [4.78, 5) is 24.0. The molecule has 0 aromatic carbocycles. The molecule has 0 bridgehead atoms. The minimum absolute atomic E-state index is 0.0577. The highest BCUT2D eigenvalue weighted by Gasteiger charge is 2.20. The largest absolute Gasteiger partial charge is 0.354 e. The molecule has 11 nitrogen and oxygen atoms in total. The lowest BCUT2D eigenvalue weighted by Gasteiger charge is -2.14. The zero-order valence-electron chi connectivity index (χ0n) is 17.1. The van der Waals surface area contributed by atoms with Crippen molar-refractivity contribution >= 4 is 38.9 Å². The van der Waals surface area contributed by atoms with E-state index in [2.05, 4.69) is 41.1 Å². The molecule has 0 saturated heterocycles. The number of halogens is 1. The molecular formula is C18H19FN8O3S. The van der Waals surface area contributed by atoms with Crippen molar-refractivity contribution in [2.24, 2.45) is 0 Å². The highest BCUT2D eigenvalue weighted by molar-refractivity contribution is 7.90. The van der Waals surface area contributed by atoms with Crippen molar-refractivity contribution in [3.63, 3.8) is 0 Å². The Morgan fingerprint density at radius 2 is 1.74 bits per heavy atom. The van der Waals surface area contributed by atoms with Gasteiger partial charge in [-0.2, -0.15) is 4.39 Å². The van der Waals surface area contributed by atoms with Crippen LogP contribution in [0.3, 0.4) is 0 Å². The Morgan fingerprint density at radius 3 is 2.39 bits per heavy atom. The molecule has 0 aliphatic carbocycles. The van der Waals surface area contributed by atoms with Crippen LogP contribution in [0.15, 0.2) is 29.2 Å². The normalized spacial score (nSPS) is 11.1. The average Bonchev–Trinajstić information content (AvgIpc) is 2.66. The van der Waals surface area contributed by atoms with E-state index in [1.54, 1.807) is 19.9 Å². The Morgan fingerprint density at radius 1 is 1.00 bits per heavy atom. The van der Waals surface area contributed by atoms with Crippen molar-refractivity contribution < 1.29 is 17.6 Å². The number of rotatable bonds is 6. The Labute approximate surface area is 177 Å². The van der Waals surface area contributed by atoms with Gasteiger partial charge in [0, 0.05) is 31.1 Å². The van der Waals surface area contributed by atoms with E-state index >= 15 is 0 Å². The maximum atomic E-state index is 13.7. The fourth-order valence-electron chi connectivity index (χ4n) is 2.69. The van der Waals surface area contributed by atoms with Crippen molar-refractivity contribution in [3.05, 3.63) is 47.4 Å². The van der Waals surface area contributed by atoms with Gasteiger partial charge in [0.25, 0.3) is 5.91 Å². The monoisotopic (exact) mass is 446 g/mol. The number of hydrogen-bond donors (Lipinski definition) is 3. The van der Waals surface area contributed by atoms with Crippen LogP contribution in [0, 0.1) is 19.8 Å². The van der Waals surface area contributed by atoms with Crippen LogP contribution in [0.4, 0.5) is 27.5 Å². The third-order valence-corrected chi connectivity index (χ3v) is 5.06. The molecule has 0 atom stereocenters. The number of carbonyl (C=O) groups is 1. The van der Waals surface area contributed by atoms with Crippen LogP contribution < -0.4 is 16.0 Å². The lowest BCUT2D eigenvalue weighted by atomic mass is 10.3. The highest BCUT2D eigenvalue weighted by atomic mass is 32.2. The van der Waals surface area contributed by atoms with Gasteiger partial charge in [0.05, 0.1) is 5.69 Å². The van der Waals surface area contributed by atoms with E-state index in [1.807, 2.05) is 0 Å². The molecule has 0 spiro atoms. The molecule has 0 fully saturated rings. The highest BCUT2D eigenvalue weighted by Crippen LogP contribution is 2.27. The summed E-state index contributed by atoms with van der Waals surface area (Å²) < 4.78 is 37.9. The van der Waals surface area contributed by atoms with Gasteiger partial charge in [-0.25, -0.2) is 23.4 Å². The van der Waals surface area contributed by atoms with Gasteiger partial charge in [-0.05, 0) is 26.0 Å². The maximum absolute atomic E-state index is 13.7. The van der Waals surface area contributed by atoms with Gasteiger partial charge >= 0.3 is 0 Å². The van der Waals surface area contributed by atoms with Crippen molar-refractivity contribution in [1.82, 2.24) is 30.5 Å². The van der Waals surface area contributed by atoms with E-state index < -0.39 is 21.7 Å². The number of pyridine rings is 1. The Bertz CT molecular complexity index is 1250. The van der Waals surface area contributed by atoms with Crippen LogP contribution in [0.25, 0.3) is 0 Å². The summed E-state index contributed by atoms with van der Waals surface area (Å²) in [6, 6.07) is 5.10. The first kappa shape index (κ1) is 22.0. The Kier molecular flexibility index (Phi) is 6.06. The van der Waals surface area contributed by atoms with Gasteiger partial charge in [-0.3, -0.25) is 4.79 Å². The van der Waals surface area contributed by atoms with Crippen molar-refractivity contribution in [1.29, 1.82) is 0 Å². The minimum atomic E-state index is -3.74. The molecule has 3 aromatic rings. The molecule has 3 rings (SSSR count). The van der Waals surface area contributed by atoms with Crippen LogP contribution in [-0.4, -0.2) is 52.8 Å². The molecule has 31 heavy (non-hydrogen) atoms. The summed E-state index contributed by atoms with van der Waals surface area (Å²) in [7, 11) is -2.34. The van der Waals surface area contributed by atoms with Crippen molar-refractivity contribution in [2.75, 3.05) is 23.9 Å². The summed E-state index contributed by atoms with van der Waals surface area (Å²) in [6.07, 6.45) is 0.963. The number of amides is 1. The Balaban J connectivity index is 2.07. The van der Waals surface area contributed by atoms with Gasteiger partial charge in [-0.15, -0.1) is 10.2 Å². The number of aryl methyl sites for hydroxylation is 2. The van der Waals surface area contributed by atoms with Crippen LogP contribution in [0.1, 0.15) is 22.0 Å². The number of aromatic nitrogens is 5. The van der Waals surface area contributed by atoms with Crippen LogP contribution in [-0.2, 0) is 9.84 Å². The zero-order valence-corrected chi connectivity index (χ0v) is 17.9. The summed E-state index contributed by atoms with van der Waals surface area (Å²) in [5.41, 5.74) is 0.640. The molecule has 162 valence electrons. The maximum Gasteiger partial charge on any atom is 0.273 e. The number of nitrogens with zero attached hydrogens (tertiary/aromatic N) is 5. The van der Waals surface area contributed by atoms with Crippen LogP contribution in [0.5, 0.6) is 0 Å². The Hall–Kier alpha value is -3.74. The fourth-order valence-corrected chi connectivity index (χ4v) is 3.45. The quantitative estimate of drug-likeness (QED) is 0.477. The first-order valence-electron chi connectivity index (χ1n) is 8.89. The lowest BCUT2D eigenvalue weighted by molar-refractivity contribution is 0.0958. The van der Waals surface area contributed by atoms with Crippen molar-refractivity contribution in [2.45, 2.75) is 18.7 Å². The molecule has 0 aliphatic rings. The third-order valence-electron chi connectivity index (χ3n) is 3.93. The number of anilines is 4. The van der Waals surface area contributed by atoms with Gasteiger partial charge in [0.2, 0.25) is 5.95 Å². The number of carbonyl (C=O) groups excluding carboxylic acids is 1. The van der Waals surface area contributed by atoms with Crippen LogP contribution in [0.2, 0.25) is 0 Å². The van der Waals surface area contributed by atoms with Gasteiger partial charge in [0.1, 0.15) is 16.5 Å². The molecule has 13 heteroatoms. The van der Waals surface area contributed by atoms with E-state index in [1.165, 1.54) is 13.1 Å². The molecule has 0 unspecified atom stereocenters. The fraction of sp³-hybridized carbons (Fsp3) is 0.222. The second kappa shape index (κ2) is 8.55. The molecule has 0 saturated carbocycles. The molecule has 0 radical (unpaired) electrons. The SMILES string of the molecule is CNC(=O)c1nnc(Nc2cc(C)nc(C)n2)cc1Nc1nc(F)ccc1S(C)(=O)=O. The van der Waals surface area contributed by atoms with Gasteiger partial charge < -0.3 is 16.0 Å². The molecule has 3 N–H and O–H groups in total. The van der Waals surface area contributed by atoms with Gasteiger partial charge in [0.15, 0.2) is 27.2 Å². The van der Waals surface area contributed by atoms with E-state index in [4.69, 9.17) is 0 Å². The van der Waals surface area contributed by atoms with Crippen LogP contribution >= 0.6 is 0 Å². The summed E-state index contributed by atoms with van der Waals surface area (Å²) >= 11 is 0. The predicted molar refractivity (Wildman–Crippen MR) is 111 cm³/mol. The lowest BCUT2D eigenvalue weighted by Crippen LogP contribution is -2.22. The molecule has 1 amide bonds. The number of sulfone groups is 1. The first-order chi connectivity index (χ1) is 14.6. The minimum Gasteiger partial charge on any atom is -0.354 e. The molecule has 3 aromatic heterocycles. The van der Waals surface area contributed by atoms with E-state index in [9.17, 15) is 17.6 Å². The molecular weight excluding hydrogens is 427 g/mol. The second-order valence-electron chi connectivity index (χ2n) is 6.52. The van der Waals surface area contributed by atoms with Gasteiger partial charge in [-0.1, -0.05) is 0 Å². The first-order valence-corrected chi connectivity index (χ1v) is 10.8. The predicted octanol–water partition coefficient (Wildman–Crippen LogP) is 1.67. The standard InChI is InChI=1S/C18H19FN8O3S/c1-9-7-14(22-10(2)21-9)25-15-8-11(16(27-26-15)18(28)20-3)23-17-12(31(4,29)30)5-6-13(19)24-17/h5-8H,1-4H3,(H,20,28)(H2,21,22,23,24,25,26). The number of hydrogen-bond acceptors (Lipinski definition) is 10. The molecule has 3 heterocycles. The zero-order chi connectivity index (χ0) is 22.8. The second-order valence-corrected chi connectivity index (χ2v) is 8.50. The summed E-state index contributed by atoms with van der Waals surface area (Å²) in [5, 5.41) is 15.9. The smallest absolute Gasteiger partial charge is 0.273 e. The van der Waals surface area contributed by atoms with E-state index in [0.717, 1.165) is 24.1 Å². The van der Waals surface area contributed by atoms with E-state index in [-0.39, 0.29) is 27.9 Å². The topological polar surface area (TPSA) is 152 Å². The van der Waals surface area contributed by atoms with E-state index in [0.29, 0.717) is 11.6 Å². The third kappa shape index (κ3) is 5.25. The summed E-state index contributed by atoms with van der Waals surface area (Å²) in [6.45, 7) is 3.53. The average molecular weight is 446 g/mol. The van der Waals surface area contributed by atoms with Crippen molar-refractivity contribution in [3.8, 4) is 0 Å². The molecule has 0 aliphatic heterocycles. The number of nitrogens with one attached hydrogen (secondary N) is 3.